The number of hydrogen-bond acceptors (Lipinski definition) is 2. The number of halogens is 3. The lowest BCUT2D eigenvalue weighted by Crippen LogP contribution is -2.39. The number of nitrogens with zero attached hydrogens (tertiary/aromatic N) is 2. The van der Waals surface area contributed by atoms with E-state index in [1.165, 1.54) is 11.6 Å². The van der Waals surface area contributed by atoms with E-state index in [-0.39, 0.29) is 30.0 Å². The van der Waals surface area contributed by atoms with Crippen molar-refractivity contribution in [3.8, 4) is 0 Å². The number of aryl methyl sites for hydroxylation is 1. The summed E-state index contributed by atoms with van der Waals surface area (Å²) in [6, 6.07) is 5.71. The number of aliphatic imine (C=N–C) groups is 1. The third-order valence-corrected chi connectivity index (χ3v) is 3.93. The molecule has 4 nitrogen and oxygen atoms in total. The molecule has 2 rings (SSSR count). The van der Waals surface area contributed by atoms with Crippen LogP contribution in [0.3, 0.4) is 0 Å². The van der Waals surface area contributed by atoms with Crippen LogP contribution in [0.5, 0.6) is 0 Å². The van der Waals surface area contributed by atoms with Crippen molar-refractivity contribution in [2.75, 3.05) is 13.1 Å². The molecule has 0 bridgehead atoms. The summed E-state index contributed by atoms with van der Waals surface area (Å²) in [5.41, 5.74) is 3.02. The van der Waals surface area contributed by atoms with Gasteiger partial charge in [-0.1, -0.05) is 6.07 Å². The molecule has 1 aromatic carbocycles. The molecule has 1 aromatic heterocycles. The number of hydrogen-bond donors (Lipinski definition) is 2. The second-order valence-corrected chi connectivity index (χ2v) is 5.85. The maximum absolute atomic E-state index is 13.4. The van der Waals surface area contributed by atoms with Crippen molar-refractivity contribution in [3.63, 3.8) is 0 Å². The summed E-state index contributed by atoms with van der Waals surface area (Å²) in [6.07, 6.45) is 4.43. The molecule has 2 N–H and O–H groups in total. The minimum Gasteiger partial charge on any atom is -0.357 e. The largest absolute Gasteiger partial charge is 0.357 e. The van der Waals surface area contributed by atoms with E-state index in [9.17, 15) is 8.78 Å². The quantitative estimate of drug-likeness (QED) is 0.376. The third kappa shape index (κ3) is 6.51. The van der Waals surface area contributed by atoms with E-state index in [0.29, 0.717) is 24.6 Å². The minimum absolute atomic E-state index is 0. The van der Waals surface area contributed by atoms with E-state index in [0.717, 1.165) is 18.1 Å². The van der Waals surface area contributed by atoms with Crippen LogP contribution in [0, 0.1) is 18.6 Å². The lowest BCUT2D eigenvalue weighted by Gasteiger charge is -2.18. The second-order valence-electron chi connectivity index (χ2n) is 5.85. The first-order valence-electron chi connectivity index (χ1n) is 8.40. The highest BCUT2D eigenvalue weighted by molar-refractivity contribution is 14.0. The summed E-state index contributed by atoms with van der Waals surface area (Å²) < 4.78 is 26.5. The molecule has 0 aliphatic carbocycles. The topological polar surface area (TPSA) is 49.3 Å². The Balaban J connectivity index is 0.00000338. The van der Waals surface area contributed by atoms with Crippen LogP contribution in [0.25, 0.3) is 0 Å². The normalized spacial score (nSPS) is 12.3. The van der Waals surface area contributed by atoms with Gasteiger partial charge in [0.05, 0.1) is 6.04 Å². The van der Waals surface area contributed by atoms with Crippen LogP contribution in [-0.2, 0) is 6.42 Å². The lowest BCUT2D eigenvalue weighted by atomic mass is 10.1. The first-order valence-corrected chi connectivity index (χ1v) is 8.40. The Hall–Kier alpha value is -1.77. The Morgan fingerprint density at radius 1 is 1.23 bits per heavy atom. The van der Waals surface area contributed by atoms with Gasteiger partial charge in [-0.25, -0.2) is 8.78 Å². The van der Waals surface area contributed by atoms with Gasteiger partial charge < -0.3 is 10.6 Å². The Morgan fingerprint density at radius 2 is 2.00 bits per heavy atom. The van der Waals surface area contributed by atoms with Gasteiger partial charge in [0, 0.05) is 25.5 Å². The van der Waals surface area contributed by atoms with Gasteiger partial charge in [0.1, 0.15) is 0 Å². The zero-order valence-electron chi connectivity index (χ0n) is 15.2. The molecule has 0 amide bonds. The van der Waals surface area contributed by atoms with Crippen molar-refractivity contribution in [3.05, 3.63) is 65.0 Å². The highest BCUT2D eigenvalue weighted by Gasteiger charge is 2.11. The van der Waals surface area contributed by atoms with E-state index < -0.39 is 11.6 Å². The fraction of sp³-hybridized carbons (Fsp3) is 0.368. The van der Waals surface area contributed by atoms with Gasteiger partial charge in [-0.2, -0.15) is 0 Å². The van der Waals surface area contributed by atoms with E-state index in [1.807, 2.05) is 33.0 Å². The Labute approximate surface area is 170 Å². The van der Waals surface area contributed by atoms with Crippen LogP contribution in [0.1, 0.15) is 36.6 Å². The van der Waals surface area contributed by atoms with Gasteiger partial charge in [0.25, 0.3) is 0 Å². The Kier molecular flexibility index (Phi) is 9.47. The summed E-state index contributed by atoms with van der Waals surface area (Å²) in [6.45, 7) is 7.22. The van der Waals surface area contributed by atoms with E-state index in [4.69, 9.17) is 0 Å². The molecule has 0 radical (unpaired) electrons. The molecule has 142 valence electrons. The zero-order valence-corrected chi connectivity index (χ0v) is 17.6. The molecule has 1 heterocycles. The fourth-order valence-electron chi connectivity index (χ4n) is 2.46. The molecular weight excluding hydrogens is 449 g/mol. The summed E-state index contributed by atoms with van der Waals surface area (Å²) in [4.78, 5) is 8.65. The fourth-order valence-corrected chi connectivity index (χ4v) is 2.46. The molecule has 0 saturated carbocycles. The first-order chi connectivity index (χ1) is 12.0. The highest BCUT2D eigenvalue weighted by atomic mass is 127. The molecule has 7 heteroatoms. The van der Waals surface area contributed by atoms with Crippen LogP contribution in [-0.4, -0.2) is 24.0 Å². The second kappa shape index (κ2) is 11.1. The van der Waals surface area contributed by atoms with Crippen LogP contribution in [0.4, 0.5) is 8.78 Å². The van der Waals surface area contributed by atoms with Crippen LogP contribution < -0.4 is 10.6 Å². The number of nitrogens with one attached hydrogen (secondary N) is 2. The number of guanidine groups is 1. The maximum atomic E-state index is 13.4. The minimum atomic E-state index is -0.846. The first kappa shape index (κ1) is 22.3. The summed E-state index contributed by atoms with van der Waals surface area (Å²) in [5, 5.41) is 6.39. The van der Waals surface area contributed by atoms with Gasteiger partial charge in [-0.3, -0.25) is 9.98 Å². The van der Waals surface area contributed by atoms with Crippen molar-refractivity contribution in [2.45, 2.75) is 33.2 Å². The van der Waals surface area contributed by atoms with E-state index >= 15 is 0 Å². The van der Waals surface area contributed by atoms with E-state index in [1.54, 1.807) is 12.3 Å². The van der Waals surface area contributed by atoms with Gasteiger partial charge in [-0.05, 0) is 62.1 Å². The molecular formula is C19H25F2IN4. The van der Waals surface area contributed by atoms with Crippen molar-refractivity contribution >= 4 is 29.9 Å². The van der Waals surface area contributed by atoms with Crippen LogP contribution in [0.15, 0.2) is 41.7 Å². The van der Waals surface area contributed by atoms with Crippen molar-refractivity contribution in [1.29, 1.82) is 0 Å². The maximum Gasteiger partial charge on any atom is 0.191 e. The third-order valence-electron chi connectivity index (χ3n) is 3.93. The molecule has 1 atom stereocenters. The molecule has 0 fully saturated rings. The average molecular weight is 474 g/mol. The van der Waals surface area contributed by atoms with Gasteiger partial charge in [0.15, 0.2) is 17.6 Å². The average Bonchev–Trinajstić information content (AvgIpc) is 2.59. The van der Waals surface area contributed by atoms with Crippen LogP contribution >= 0.6 is 24.0 Å². The predicted octanol–water partition coefficient (Wildman–Crippen LogP) is 4.15. The number of benzene rings is 1. The SMILES string of the molecule is CCNC(=NCCc1ccncc1C)NC(C)c1ccc(F)c(F)c1.I. The summed E-state index contributed by atoms with van der Waals surface area (Å²) in [7, 11) is 0. The summed E-state index contributed by atoms with van der Waals surface area (Å²) >= 11 is 0. The molecule has 1 unspecified atom stereocenters. The van der Waals surface area contributed by atoms with Gasteiger partial charge in [0.2, 0.25) is 0 Å². The lowest BCUT2D eigenvalue weighted by molar-refractivity contribution is 0.504. The molecule has 0 aliphatic rings. The number of pyridine rings is 1. The zero-order chi connectivity index (χ0) is 18.2. The molecule has 0 aliphatic heterocycles. The van der Waals surface area contributed by atoms with Crippen molar-refractivity contribution in [2.24, 2.45) is 4.99 Å². The van der Waals surface area contributed by atoms with Gasteiger partial charge in [-0.15, -0.1) is 24.0 Å². The highest BCUT2D eigenvalue weighted by Crippen LogP contribution is 2.15. The molecule has 0 spiro atoms. The molecule has 26 heavy (non-hydrogen) atoms. The van der Waals surface area contributed by atoms with Crippen molar-refractivity contribution < 1.29 is 8.78 Å². The number of rotatable bonds is 6. The smallest absolute Gasteiger partial charge is 0.191 e. The number of aromatic nitrogens is 1. The summed E-state index contributed by atoms with van der Waals surface area (Å²) in [5.74, 6) is -1.04. The predicted molar refractivity (Wildman–Crippen MR) is 112 cm³/mol. The molecule has 0 saturated heterocycles. The Morgan fingerprint density at radius 3 is 2.65 bits per heavy atom. The monoisotopic (exact) mass is 474 g/mol. The van der Waals surface area contributed by atoms with Crippen LogP contribution in [0.2, 0.25) is 0 Å². The Bertz CT molecular complexity index is 737. The molecule has 2 aromatic rings. The standard InChI is InChI=1S/C19H24F2N4.HI/c1-4-23-19(24-10-8-15-7-9-22-12-13(15)2)25-14(3)16-5-6-17(20)18(21)11-16;/h5-7,9,11-12,14H,4,8,10H2,1-3H3,(H2,23,24,25);1H. The van der Waals surface area contributed by atoms with E-state index in [2.05, 4.69) is 20.6 Å². The van der Waals surface area contributed by atoms with Gasteiger partial charge >= 0.3 is 0 Å². The van der Waals surface area contributed by atoms with Crippen molar-refractivity contribution in [1.82, 2.24) is 15.6 Å².